The fourth-order valence-corrected chi connectivity index (χ4v) is 6.39. The molecule has 2 aromatic heterocycles. The molecule has 0 radical (unpaired) electrons. The van der Waals surface area contributed by atoms with E-state index in [0.29, 0.717) is 10.1 Å². The molecule has 1 fully saturated rings. The van der Waals surface area contributed by atoms with Crippen LogP contribution in [0.2, 0.25) is 0 Å². The molecule has 0 saturated carbocycles. The van der Waals surface area contributed by atoms with E-state index in [9.17, 15) is 14.4 Å². The summed E-state index contributed by atoms with van der Waals surface area (Å²) in [7, 11) is 1.56. The van der Waals surface area contributed by atoms with Crippen LogP contribution in [0.1, 0.15) is 17.4 Å². The number of fused-ring (bicyclic) bond motifs is 1. The Labute approximate surface area is 247 Å². The van der Waals surface area contributed by atoms with E-state index in [4.69, 9.17) is 21.1 Å². The van der Waals surface area contributed by atoms with Crippen molar-refractivity contribution in [1.29, 1.82) is 0 Å². The van der Waals surface area contributed by atoms with E-state index in [2.05, 4.69) is 32.3 Å². The van der Waals surface area contributed by atoms with Crippen molar-refractivity contribution in [3.8, 4) is 5.75 Å². The fourth-order valence-electron chi connectivity index (χ4n) is 4.10. The molecule has 1 saturated heterocycles. The number of carbonyl (C=O) groups excluding carboxylic acids is 3. The molecule has 1 aliphatic heterocycles. The number of halogens is 1. The molecular weight excluding hydrogens is 590 g/mol. The summed E-state index contributed by atoms with van der Waals surface area (Å²) < 4.78 is 12.2. The zero-order valence-corrected chi connectivity index (χ0v) is 24.1. The Bertz CT molecular complexity index is 1530. The number of carbonyl (C=O) groups is 3. The first-order chi connectivity index (χ1) is 19.9. The highest BCUT2D eigenvalue weighted by Crippen LogP contribution is 2.36. The molecule has 212 valence electrons. The molecular formula is C26H24ClN7O5S2. The molecule has 2 aromatic carbocycles. The van der Waals surface area contributed by atoms with Crippen molar-refractivity contribution in [2.24, 2.45) is 0 Å². The second kappa shape index (κ2) is 12.7. The van der Waals surface area contributed by atoms with Crippen LogP contribution in [-0.2, 0) is 25.7 Å². The van der Waals surface area contributed by atoms with E-state index in [1.54, 1.807) is 31.4 Å². The van der Waals surface area contributed by atoms with Crippen molar-refractivity contribution >= 4 is 62.7 Å². The maximum Gasteiger partial charge on any atom is 0.333 e. The Hall–Kier alpha value is -4.01. The van der Waals surface area contributed by atoms with Crippen LogP contribution >= 0.6 is 34.7 Å². The van der Waals surface area contributed by atoms with Gasteiger partial charge in [-0.3, -0.25) is 9.59 Å². The summed E-state index contributed by atoms with van der Waals surface area (Å²) in [6.45, 7) is 3.84. The summed E-state index contributed by atoms with van der Waals surface area (Å²) in [5.74, 6) is -0.999. The average Bonchev–Trinajstić information content (AvgIpc) is 3.67. The number of alkyl halides is 1. The number of tetrazole rings is 1. The number of thiazole rings is 1. The third-order valence-electron chi connectivity index (χ3n) is 6.19. The van der Waals surface area contributed by atoms with Crippen LogP contribution in [-0.4, -0.2) is 73.1 Å². The predicted octanol–water partition coefficient (Wildman–Crippen LogP) is 3.16. The number of methoxy groups -OCH3 is 1. The molecule has 0 spiro atoms. The number of aromatic nitrogens is 5. The highest BCUT2D eigenvalue weighted by Gasteiger charge is 2.47. The minimum Gasteiger partial charge on any atom is -0.497 e. The van der Waals surface area contributed by atoms with Crippen LogP contribution in [0.25, 0.3) is 10.2 Å². The monoisotopic (exact) mass is 613 g/mol. The third-order valence-corrected chi connectivity index (χ3v) is 8.82. The zero-order valence-electron chi connectivity index (χ0n) is 21.7. The minimum absolute atomic E-state index is 0.0210. The van der Waals surface area contributed by atoms with Crippen molar-refractivity contribution in [3.05, 3.63) is 72.6 Å². The first-order valence-corrected chi connectivity index (χ1v) is 14.5. The fraction of sp³-hybridized carbons (Fsp3) is 0.269. The SMILES string of the molecule is C=C(CCl)C(C(=O)OCc1ccc(OC)cc1)N1C(=O)CC1NC(=O)C(Sc1nc2ccccc2s1)n1ncnn1. The number of nitrogens with zero attached hydrogens (tertiary/aromatic N) is 6. The van der Waals surface area contributed by atoms with Gasteiger partial charge in [-0.15, -0.1) is 37.9 Å². The molecule has 41 heavy (non-hydrogen) atoms. The molecule has 12 nitrogen and oxygen atoms in total. The molecule has 0 bridgehead atoms. The van der Waals surface area contributed by atoms with Gasteiger partial charge in [-0.05, 0) is 40.6 Å². The number of thioether (sulfide) groups is 1. The Balaban J connectivity index is 1.30. The van der Waals surface area contributed by atoms with Gasteiger partial charge in [0.1, 0.15) is 18.5 Å². The smallest absolute Gasteiger partial charge is 0.333 e. The topological polar surface area (TPSA) is 141 Å². The second-order valence-electron chi connectivity index (χ2n) is 8.85. The van der Waals surface area contributed by atoms with Crippen LogP contribution < -0.4 is 10.1 Å². The van der Waals surface area contributed by atoms with Gasteiger partial charge in [0.15, 0.2) is 16.7 Å². The number of amides is 2. The summed E-state index contributed by atoms with van der Waals surface area (Å²) in [6.07, 6.45) is 0.389. The number of β-lactam (4-membered cyclic amide) rings is 1. The Kier molecular flexibility index (Phi) is 8.81. The van der Waals surface area contributed by atoms with Crippen LogP contribution in [0.3, 0.4) is 0 Å². The maximum atomic E-state index is 13.5. The molecule has 4 aromatic rings. The van der Waals surface area contributed by atoms with Crippen molar-refractivity contribution in [2.75, 3.05) is 13.0 Å². The van der Waals surface area contributed by atoms with Crippen molar-refractivity contribution in [2.45, 2.75) is 34.9 Å². The molecule has 1 aliphatic rings. The lowest BCUT2D eigenvalue weighted by molar-refractivity contribution is -0.166. The summed E-state index contributed by atoms with van der Waals surface area (Å²) in [5, 5.41) is 13.5. The Morgan fingerprint density at radius 1 is 1.24 bits per heavy atom. The summed E-state index contributed by atoms with van der Waals surface area (Å²) in [6, 6.07) is 13.4. The molecule has 5 rings (SSSR count). The molecule has 3 unspecified atom stereocenters. The molecule has 1 N–H and O–H groups in total. The molecule has 15 heteroatoms. The quantitative estimate of drug-likeness (QED) is 0.0832. The van der Waals surface area contributed by atoms with Gasteiger partial charge in [-0.25, -0.2) is 9.78 Å². The maximum absolute atomic E-state index is 13.5. The second-order valence-corrected chi connectivity index (χ2v) is 11.5. The summed E-state index contributed by atoms with van der Waals surface area (Å²) in [4.78, 5) is 46.4. The Morgan fingerprint density at radius 3 is 2.68 bits per heavy atom. The summed E-state index contributed by atoms with van der Waals surface area (Å²) in [5.41, 5.74) is 1.79. The van der Waals surface area contributed by atoms with E-state index in [1.807, 2.05) is 24.3 Å². The van der Waals surface area contributed by atoms with Gasteiger partial charge >= 0.3 is 5.97 Å². The highest BCUT2D eigenvalue weighted by molar-refractivity contribution is 8.01. The largest absolute Gasteiger partial charge is 0.497 e. The number of ether oxygens (including phenoxy) is 2. The number of rotatable bonds is 12. The molecule has 0 aliphatic carbocycles. The van der Waals surface area contributed by atoms with E-state index in [0.717, 1.165) is 32.3 Å². The number of hydrogen-bond donors (Lipinski definition) is 1. The van der Waals surface area contributed by atoms with Crippen molar-refractivity contribution in [1.82, 2.24) is 35.4 Å². The van der Waals surface area contributed by atoms with Crippen LogP contribution in [0.4, 0.5) is 0 Å². The Morgan fingerprint density at radius 2 is 2.02 bits per heavy atom. The van der Waals surface area contributed by atoms with Crippen LogP contribution in [0, 0.1) is 0 Å². The third kappa shape index (κ3) is 6.34. The van der Waals surface area contributed by atoms with Gasteiger partial charge in [-0.2, -0.15) is 0 Å². The number of hydrogen-bond acceptors (Lipinski definition) is 11. The van der Waals surface area contributed by atoms with Crippen molar-refractivity contribution < 1.29 is 23.9 Å². The van der Waals surface area contributed by atoms with Gasteiger partial charge in [0.2, 0.25) is 11.3 Å². The lowest BCUT2D eigenvalue weighted by atomic mass is 10.00. The standard InChI is InChI=1S/C26H24ClN7O5S2/c1-15(12-27)22(25(37)39-13-16-7-9-17(38-2)10-8-16)33-20(11-21(33)35)31-23(36)24(34-29-14-28-32-34)41-26-30-18-5-3-4-6-19(18)40-26/h3-10,14,20,22,24H,1,11-13H2,2H3,(H,31,36). The van der Waals surface area contributed by atoms with Crippen LogP contribution in [0.15, 0.2) is 71.3 Å². The molecule has 3 atom stereocenters. The first kappa shape index (κ1) is 28.5. The van der Waals surface area contributed by atoms with Gasteiger partial charge in [0.05, 0.1) is 23.7 Å². The van der Waals surface area contributed by atoms with Gasteiger partial charge in [0, 0.05) is 5.88 Å². The lowest BCUT2D eigenvalue weighted by Gasteiger charge is -2.45. The van der Waals surface area contributed by atoms with Crippen LogP contribution in [0.5, 0.6) is 5.75 Å². The highest BCUT2D eigenvalue weighted by atomic mass is 35.5. The van der Waals surface area contributed by atoms with E-state index >= 15 is 0 Å². The number of nitrogens with one attached hydrogen (secondary N) is 1. The predicted molar refractivity (Wildman–Crippen MR) is 152 cm³/mol. The number of benzene rings is 2. The van der Waals surface area contributed by atoms with Gasteiger partial charge < -0.3 is 19.7 Å². The summed E-state index contributed by atoms with van der Waals surface area (Å²) >= 11 is 8.60. The minimum atomic E-state index is -1.18. The van der Waals surface area contributed by atoms with E-state index in [-0.39, 0.29) is 30.4 Å². The lowest BCUT2D eigenvalue weighted by Crippen LogP contribution is -2.67. The van der Waals surface area contributed by atoms with Gasteiger partial charge in [-0.1, -0.05) is 42.6 Å². The van der Waals surface area contributed by atoms with E-state index in [1.165, 1.54) is 22.6 Å². The molecule has 3 heterocycles. The molecule has 2 amide bonds. The first-order valence-electron chi connectivity index (χ1n) is 12.3. The van der Waals surface area contributed by atoms with Gasteiger partial charge in [0.25, 0.3) is 5.91 Å². The number of likely N-dealkylation sites (tertiary alicyclic amines) is 1. The number of para-hydroxylation sites is 1. The average molecular weight is 614 g/mol. The normalized spacial score (nSPS) is 16.1. The van der Waals surface area contributed by atoms with Crippen molar-refractivity contribution in [3.63, 3.8) is 0 Å². The zero-order chi connectivity index (χ0) is 28.9. The van der Waals surface area contributed by atoms with E-state index < -0.39 is 29.5 Å². The number of esters is 1.